The summed E-state index contributed by atoms with van der Waals surface area (Å²) in [5.41, 5.74) is 12.0. The van der Waals surface area contributed by atoms with Crippen LogP contribution in [0.25, 0.3) is 10.8 Å². The molecule has 0 unspecified atom stereocenters. The number of nitrogens with two attached hydrogens (primary N) is 2. The monoisotopic (exact) mass is 174 g/mol. The SMILES string of the molecule is Nc1c(O)cc2ccccc2c1N. The maximum Gasteiger partial charge on any atom is 0.141 e. The lowest BCUT2D eigenvalue weighted by molar-refractivity contribution is 0.479. The number of rotatable bonds is 0. The molecule has 0 saturated carbocycles. The van der Waals surface area contributed by atoms with Crippen molar-refractivity contribution in [3.63, 3.8) is 0 Å². The Morgan fingerprint density at radius 2 is 1.69 bits per heavy atom. The fourth-order valence-electron chi connectivity index (χ4n) is 1.38. The second-order valence-electron chi connectivity index (χ2n) is 2.94. The van der Waals surface area contributed by atoms with Gasteiger partial charge in [-0.25, -0.2) is 0 Å². The minimum Gasteiger partial charge on any atom is -0.506 e. The molecule has 0 aliphatic carbocycles. The minimum atomic E-state index is 0.0381. The van der Waals surface area contributed by atoms with E-state index in [1.807, 2.05) is 24.3 Å². The van der Waals surface area contributed by atoms with Crippen molar-refractivity contribution >= 4 is 22.1 Å². The third-order valence-corrected chi connectivity index (χ3v) is 2.11. The van der Waals surface area contributed by atoms with Gasteiger partial charge in [0.25, 0.3) is 0 Å². The summed E-state index contributed by atoms with van der Waals surface area (Å²) in [4.78, 5) is 0. The first-order chi connectivity index (χ1) is 6.20. The van der Waals surface area contributed by atoms with E-state index in [-0.39, 0.29) is 11.4 Å². The molecule has 2 aromatic carbocycles. The number of fused-ring (bicyclic) bond motifs is 1. The first-order valence-corrected chi connectivity index (χ1v) is 3.96. The van der Waals surface area contributed by atoms with Crippen molar-refractivity contribution in [3.05, 3.63) is 30.3 Å². The van der Waals surface area contributed by atoms with Crippen LogP contribution in [0.5, 0.6) is 5.75 Å². The second kappa shape index (κ2) is 2.55. The van der Waals surface area contributed by atoms with Gasteiger partial charge in [0.2, 0.25) is 0 Å². The fourth-order valence-corrected chi connectivity index (χ4v) is 1.38. The number of aromatic hydroxyl groups is 1. The average Bonchev–Trinajstić information content (AvgIpc) is 2.15. The molecule has 0 spiro atoms. The lowest BCUT2D eigenvalue weighted by atomic mass is 10.1. The van der Waals surface area contributed by atoms with Crippen molar-refractivity contribution in [2.45, 2.75) is 0 Å². The Labute approximate surface area is 75.6 Å². The topological polar surface area (TPSA) is 72.3 Å². The zero-order chi connectivity index (χ0) is 9.42. The van der Waals surface area contributed by atoms with Crippen LogP contribution in [0.1, 0.15) is 0 Å². The highest BCUT2D eigenvalue weighted by atomic mass is 16.3. The van der Waals surface area contributed by atoms with Crippen molar-refractivity contribution in [1.82, 2.24) is 0 Å². The summed E-state index contributed by atoms with van der Waals surface area (Å²) in [6.07, 6.45) is 0. The van der Waals surface area contributed by atoms with Gasteiger partial charge < -0.3 is 16.6 Å². The number of hydrogen-bond acceptors (Lipinski definition) is 3. The Bertz CT molecular complexity index is 466. The molecular formula is C10H10N2O. The van der Waals surface area contributed by atoms with E-state index < -0.39 is 0 Å². The Kier molecular flexibility index (Phi) is 1.52. The van der Waals surface area contributed by atoms with E-state index in [0.717, 1.165) is 10.8 Å². The van der Waals surface area contributed by atoms with Crippen molar-refractivity contribution < 1.29 is 5.11 Å². The Balaban J connectivity index is 2.94. The molecule has 0 radical (unpaired) electrons. The molecule has 5 N–H and O–H groups in total. The van der Waals surface area contributed by atoms with E-state index in [0.29, 0.717) is 5.69 Å². The molecule has 0 atom stereocenters. The first-order valence-electron chi connectivity index (χ1n) is 3.96. The molecule has 0 fully saturated rings. The van der Waals surface area contributed by atoms with E-state index in [1.165, 1.54) is 0 Å². The predicted molar refractivity (Wildman–Crippen MR) is 54.4 cm³/mol. The Hall–Kier alpha value is -1.90. The molecule has 2 rings (SSSR count). The van der Waals surface area contributed by atoms with Crippen molar-refractivity contribution in [1.29, 1.82) is 0 Å². The van der Waals surface area contributed by atoms with Crippen molar-refractivity contribution in [2.75, 3.05) is 11.5 Å². The third kappa shape index (κ3) is 1.05. The molecule has 3 heteroatoms. The molecule has 13 heavy (non-hydrogen) atoms. The van der Waals surface area contributed by atoms with Crippen LogP contribution >= 0.6 is 0 Å². The summed E-state index contributed by atoms with van der Waals surface area (Å²) < 4.78 is 0. The molecule has 66 valence electrons. The normalized spacial score (nSPS) is 10.5. The molecular weight excluding hydrogens is 164 g/mol. The first kappa shape index (κ1) is 7.73. The molecule has 0 aliphatic heterocycles. The van der Waals surface area contributed by atoms with Gasteiger partial charge in [-0.05, 0) is 11.5 Å². The minimum absolute atomic E-state index is 0.0381. The maximum absolute atomic E-state index is 9.39. The lowest BCUT2D eigenvalue weighted by Gasteiger charge is -2.06. The number of benzene rings is 2. The predicted octanol–water partition coefficient (Wildman–Crippen LogP) is 1.71. The Morgan fingerprint density at radius 3 is 2.46 bits per heavy atom. The molecule has 0 aromatic heterocycles. The van der Waals surface area contributed by atoms with Crippen LogP contribution in [0.2, 0.25) is 0 Å². The van der Waals surface area contributed by atoms with Crippen LogP contribution in [-0.2, 0) is 0 Å². The quantitative estimate of drug-likeness (QED) is 0.420. The average molecular weight is 174 g/mol. The number of phenolic OH excluding ortho intramolecular Hbond substituents is 1. The zero-order valence-corrected chi connectivity index (χ0v) is 6.99. The molecule has 3 nitrogen and oxygen atoms in total. The van der Waals surface area contributed by atoms with E-state index in [2.05, 4.69) is 0 Å². The van der Waals surface area contributed by atoms with Crippen molar-refractivity contribution in [2.24, 2.45) is 0 Å². The smallest absolute Gasteiger partial charge is 0.141 e. The molecule has 0 amide bonds. The molecule has 0 heterocycles. The van der Waals surface area contributed by atoms with Crippen LogP contribution in [0.15, 0.2) is 30.3 Å². The summed E-state index contributed by atoms with van der Waals surface area (Å²) >= 11 is 0. The van der Waals surface area contributed by atoms with Crippen molar-refractivity contribution in [3.8, 4) is 5.75 Å². The van der Waals surface area contributed by atoms with E-state index in [4.69, 9.17) is 11.5 Å². The van der Waals surface area contributed by atoms with Gasteiger partial charge in [0.1, 0.15) is 5.75 Å². The standard InChI is InChI=1S/C10H10N2O/c11-9-7-4-2-1-3-6(7)5-8(13)10(9)12/h1-5,13H,11-12H2. The summed E-state index contributed by atoms with van der Waals surface area (Å²) in [6.45, 7) is 0. The zero-order valence-electron chi connectivity index (χ0n) is 6.99. The number of phenols is 1. The van der Waals surface area contributed by atoms with Gasteiger partial charge in [-0.2, -0.15) is 0 Å². The highest BCUT2D eigenvalue weighted by molar-refractivity contribution is 6.00. The largest absolute Gasteiger partial charge is 0.506 e. The van der Waals surface area contributed by atoms with E-state index in [9.17, 15) is 5.11 Å². The highest BCUT2D eigenvalue weighted by Crippen LogP contribution is 2.34. The second-order valence-corrected chi connectivity index (χ2v) is 2.94. The van der Waals surface area contributed by atoms with Gasteiger partial charge in [0.05, 0.1) is 11.4 Å². The molecule has 0 aliphatic rings. The third-order valence-electron chi connectivity index (χ3n) is 2.11. The summed E-state index contributed by atoms with van der Waals surface area (Å²) in [5.74, 6) is 0.0381. The molecule has 0 saturated heterocycles. The molecule has 0 bridgehead atoms. The maximum atomic E-state index is 9.39. The van der Waals surface area contributed by atoms with Gasteiger partial charge in [-0.1, -0.05) is 24.3 Å². The highest BCUT2D eigenvalue weighted by Gasteiger charge is 2.05. The number of hydrogen-bond donors (Lipinski definition) is 3. The van der Waals surface area contributed by atoms with Gasteiger partial charge in [0, 0.05) is 5.39 Å². The van der Waals surface area contributed by atoms with Crippen LogP contribution in [0.4, 0.5) is 11.4 Å². The number of anilines is 2. The van der Waals surface area contributed by atoms with E-state index in [1.54, 1.807) is 6.07 Å². The van der Waals surface area contributed by atoms with Crippen LogP contribution in [0.3, 0.4) is 0 Å². The molecule has 2 aromatic rings. The summed E-state index contributed by atoms with van der Waals surface area (Å²) in [6, 6.07) is 9.14. The summed E-state index contributed by atoms with van der Waals surface area (Å²) in [7, 11) is 0. The van der Waals surface area contributed by atoms with Crippen LogP contribution < -0.4 is 11.5 Å². The number of nitrogen functional groups attached to an aromatic ring is 2. The summed E-state index contributed by atoms with van der Waals surface area (Å²) in [5, 5.41) is 11.2. The van der Waals surface area contributed by atoms with Crippen LogP contribution in [0, 0.1) is 0 Å². The van der Waals surface area contributed by atoms with Gasteiger partial charge in [-0.15, -0.1) is 0 Å². The van der Waals surface area contributed by atoms with Gasteiger partial charge >= 0.3 is 0 Å². The Morgan fingerprint density at radius 1 is 1.00 bits per heavy atom. The lowest BCUT2D eigenvalue weighted by Crippen LogP contribution is -1.95. The van der Waals surface area contributed by atoms with Crippen LogP contribution in [-0.4, -0.2) is 5.11 Å². The fraction of sp³-hybridized carbons (Fsp3) is 0. The van der Waals surface area contributed by atoms with E-state index >= 15 is 0 Å². The van der Waals surface area contributed by atoms with Gasteiger partial charge in [0.15, 0.2) is 0 Å². The van der Waals surface area contributed by atoms with Gasteiger partial charge in [-0.3, -0.25) is 0 Å².